The lowest BCUT2D eigenvalue weighted by atomic mass is 9.94. The number of benzene rings is 1. The van der Waals surface area contributed by atoms with E-state index in [1.807, 2.05) is 5.38 Å². The van der Waals surface area contributed by atoms with Gasteiger partial charge >= 0.3 is 0 Å². The first-order chi connectivity index (χ1) is 9.73. The van der Waals surface area contributed by atoms with E-state index in [1.165, 1.54) is 12.1 Å². The largest absolute Gasteiger partial charge is 0.366 e. The molecule has 2 aromatic rings. The van der Waals surface area contributed by atoms with Gasteiger partial charge in [0.25, 0.3) is 0 Å². The van der Waals surface area contributed by atoms with E-state index >= 15 is 0 Å². The molecular formula is C15H17FN2OS. The zero-order chi connectivity index (χ0) is 14.0. The highest BCUT2D eigenvalue weighted by Crippen LogP contribution is 2.37. The summed E-state index contributed by atoms with van der Waals surface area (Å²) in [7, 11) is 0. The van der Waals surface area contributed by atoms with E-state index in [0.29, 0.717) is 6.54 Å². The highest BCUT2D eigenvalue weighted by molar-refractivity contribution is 7.10. The van der Waals surface area contributed by atoms with E-state index in [1.54, 1.807) is 23.5 Å². The average Bonchev–Trinajstić information content (AvgIpc) is 2.99. The van der Waals surface area contributed by atoms with Gasteiger partial charge in [-0.1, -0.05) is 0 Å². The number of halogens is 1. The number of nitrogens with two attached hydrogens (primary N) is 1. The van der Waals surface area contributed by atoms with Crippen molar-refractivity contribution < 1.29 is 9.13 Å². The molecule has 1 unspecified atom stereocenters. The summed E-state index contributed by atoms with van der Waals surface area (Å²) < 4.78 is 18.9. The van der Waals surface area contributed by atoms with E-state index in [9.17, 15) is 4.39 Å². The Balaban J connectivity index is 1.91. The summed E-state index contributed by atoms with van der Waals surface area (Å²) in [6.07, 6.45) is 3.11. The lowest BCUT2D eigenvalue weighted by Crippen LogP contribution is -2.40. The average molecular weight is 292 g/mol. The van der Waals surface area contributed by atoms with Crippen LogP contribution in [0.15, 0.2) is 29.6 Å². The molecule has 1 fully saturated rings. The fourth-order valence-electron chi connectivity index (χ4n) is 2.51. The topological polar surface area (TPSA) is 48.1 Å². The maximum Gasteiger partial charge on any atom is 0.132 e. The van der Waals surface area contributed by atoms with Crippen LogP contribution in [-0.2, 0) is 10.3 Å². The van der Waals surface area contributed by atoms with Crippen LogP contribution in [0.5, 0.6) is 0 Å². The molecule has 106 valence electrons. The Morgan fingerprint density at radius 3 is 2.75 bits per heavy atom. The summed E-state index contributed by atoms with van der Waals surface area (Å²) in [5.74, 6) is -0.238. The lowest BCUT2D eigenvalue weighted by Gasteiger charge is -2.34. The predicted molar refractivity (Wildman–Crippen MR) is 78.0 cm³/mol. The number of hydrogen-bond donors (Lipinski definition) is 1. The van der Waals surface area contributed by atoms with E-state index in [2.05, 4.69) is 4.98 Å². The highest BCUT2D eigenvalue weighted by Gasteiger charge is 2.36. The fraction of sp³-hybridized carbons (Fsp3) is 0.400. The van der Waals surface area contributed by atoms with Crippen LogP contribution in [0.2, 0.25) is 0 Å². The Morgan fingerprint density at radius 2 is 2.10 bits per heavy atom. The molecule has 3 nitrogen and oxygen atoms in total. The molecule has 2 heterocycles. The van der Waals surface area contributed by atoms with Crippen molar-refractivity contribution in [1.29, 1.82) is 0 Å². The van der Waals surface area contributed by atoms with Crippen LogP contribution in [0, 0.1) is 5.82 Å². The van der Waals surface area contributed by atoms with Crippen molar-refractivity contribution in [2.24, 2.45) is 5.73 Å². The smallest absolute Gasteiger partial charge is 0.132 e. The van der Waals surface area contributed by atoms with Crippen molar-refractivity contribution in [3.8, 4) is 11.3 Å². The number of nitrogens with zero attached hydrogens (tertiary/aromatic N) is 1. The fourth-order valence-corrected chi connectivity index (χ4v) is 3.53. The molecule has 0 saturated carbocycles. The summed E-state index contributed by atoms with van der Waals surface area (Å²) in [5.41, 5.74) is 7.27. The van der Waals surface area contributed by atoms with Crippen molar-refractivity contribution in [3.63, 3.8) is 0 Å². The van der Waals surface area contributed by atoms with Gasteiger partial charge in [0.1, 0.15) is 16.4 Å². The van der Waals surface area contributed by atoms with Gasteiger partial charge in [-0.3, -0.25) is 0 Å². The molecule has 20 heavy (non-hydrogen) atoms. The summed E-state index contributed by atoms with van der Waals surface area (Å²) in [4.78, 5) is 4.67. The van der Waals surface area contributed by atoms with E-state index in [-0.39, 0.29) is 5.82 Å². The standard InChI is InChI=1S/C15H17FN2OS/c16-12-5-3-11(4-6-12)13-9-20-14(18-13)15(10-17)7-1-2-8-19-15/h3-6,9H,1-2,7-8,10,17H2. The van der Waals surface area contributed by atoms with Crippen LogP contribution in [0.4, 0.5) is 4.39 Å². The second kappa shape index (κ2) is 5.60. The summed E-state index contributed by atoms with van der Waals surface area (Å²) in [6, 6.07) is 6.38. The highest BCUT2D eigenvalue weighted by atomic mass is 32.1. The van der Waals surface area contributed by atoms with Gasteiger partial charge in [0.15, 0.2) is 0 Å². The van der Waals surface area contributed by atoms with Gasteiger partial charge < -0.3 is 10.5 Å². The molecule has 0 aliphatic carbocycles. The minimum Gasteiger partial charge on any atom is -0.366 e. The number of rotatable bonds is 3. The minimum atomic E-state index is -0.429. The molecule has 1 saturated heterocycles. The first-order valence-electron chi connectivity index (χ1n) is 6.79. The third-order valence-corrected chi connectivity index (χ3v) is 4.74. The molecule has 0 amide bonds. The van der Waals surface area contributed by atoms with Gasteiger partial charge in [0.05, 0.1) is 5.69 Å². The number of aromatic nitrogens is 1. The van der Waals surface area contributed by atoms with E-state index in [4.69, 9.17) is 10.5 Å². The Labute approximate surface area is 121 Å². The third kappa shape index (κ3) is 2.49. The lowest BCUT2D eigenvalue weighted by molar-refractivity contribution is -0.0770. The normalized spacial score (nSPS) is 22.9. The molecule has 0 bridgehead atoms. The Morgan fingerprint density at radius 1 is 1.30 bits per heavy atom. The molecule has 0 spiro atoms. The SMILES string of the molecule is NCC1(c2nc(-c3ccc(F)cc3)cs2)CCCCO1. The third-order valence-electron chi connectivity index (χ3n) is 3.72. The van der Waals surface area contributed by atoms with Crippen molar-refractivity contribution in [1.82, 2.24) is 4.98 Å². The minimum absolute atomic E-state index is 0.238. The van der Waals surface area contributed by atoms with Crippen molar-refractivity contribution in [3.05, 3.63) is 40.5 Å². The molecule has 1 aliphatic heterocycles. The van der Waals surface area contributed by atoms with Gasteiger partial charge in [0.2, 0.25) is 0 Å². The van der Waals surface area contributed by atoms with Crippen LogP contribution in [0.1, 0.15) is 24.3 Å². The first-order valence-corrected chi connectivity index (χ1v) is 7.67. The van der Waals surface area contributed by atoms with Gasteiger partial charge in [-0.25, -0.2) is 9.37 Å². The molecule has 5 heteroatoms. The molecule has 1 aromatic heterocycles. The van der Waals surface area contributed by atoms with Crippen LogP contribution in [-0.4, -0.2) is 18.1 Å². The molecule has 1 aromatic carbocycles. The molecule has 3 rings (SSSR count). The Bertz CT molecular complexity index is 576. The predicted octanol–water partition coefficient (Wildman–Crippen LogP) is 3.30. The zero-order valence-corrected chi connectivity index (χ0v) is 12.0. The maximum atomic E-state index is 13.0. The van der Waals surface area contributed by atoms with Crippen LogP contribution in [0.3, 0.4) is 0 Å². The first kappa shape index (κ1) is 13.7. The molecular weight excluding hydrogens is 275 g/mol. The summed E-state index contributed by atoms with van der Waals surface area (Å²) in [6.45, 7) is 1.19. The second-order valence-electron chi connectivity index (χ2n) is 5.05. The van der Waals surface area contributed by atoms with Gasteiger partial charge in [-0.15, -0.1) is 11.3 Å². The van der Waals surface area contributed by atoms with Gasteiger partial charge in [-0.05, 0) is 43.5 Å². The van der Waals surface area contributed by atoms with Crippen LogP contribution >= 0.6 is 11.3 Å². The van der Waals surface area contributed by atoms with Crippen molar-refractivity contribution >= 4 is 11.3 Å². The Hall–Kier alpha value is -1.30. The maximum absolute atomic E-state index is 13.0. The number of hydrogen-bond acceptors (Lipinski definition) is 4. The quantitative estimate of drug-likeness (QED) is 0.944. The second-order valence-corrected chi connectivity index (χ2v) is 5.91. The van der Waals surface area contributed by atoms with Gasteiger partial charge in [-0.2, -0.15) is 0 Å². The summed E-state index contributed by atoms with van der Waals surface area (Å²) >= 11 is 1.57. The van der Waals surface area contributed by atoms with Gasteiger partial charge in [0, 0.05) is 24.1 Å². The Kier molecular flexibility index (Phi) is 3.83. The number of thiazole rings is 1. The van der Waals surface area contributed by atoms with Crippen LogP contribution in [0.25, 0.3) is 11.3 Å². The van der Waals surface area contributed by atoms with E-state index < -0.39 is 5.60 Å². The van der Waals surface area contributed by atoms with Crippen molar-refractivity contribution in [2.75, 3.05) is 13.2 Å². The molecule has 0 radical (unpaired) electrons. The molecule has 1 atom stereocenters. The molecule has 1 aliphatic rings. The molecule has 2 N–H and O–H groups in total. The number of ether oxygens (including phenoxy) is 1. The van der Waals surface area contributed by atoms with E-state index in [0.717, 1.165) is 42.1 Å². The zero-order valence-electron chi connectivity index (χ0n) is 11.1. The monoisotopic (exact) mass is 292 g/mol. The van der Waals surface area contributed by atoms with Crippen molar-refractivity contribution in [2.45, 2.75) is 24.9 Å². The van der Waals surface area contributed by atoms with Crippen LogP contribution < -0.4 is 5.73 Å². The summed E-state index contributed by atoms with van der Waals surface area (Å²) in [5, 5.41) is 2.91.